The van der Waals surface area contributed by atoms with Crippen molar-refractivity contribution < 1.29 is 4.74 Å². The first kappa shape index (κ1) is 18.8. The number of benzene rings is 2. The summed E-state index contributed by atoms with van der Waals surface area (Å²) in [5.41, 5.74) is 2.54. The van der Waals surface area contributed by atoms with Crippen LogP contribution in [0, 0.1) is 0 Å². The van der Waals surface area contributed by atoms with Gasteiger partial charge < -0.3 is 20.3 Å². The Bertz CT molecular complexity index is 639. The zero-order valence-corrected chi connectivity index (χ0v) is 15.3. The van der Waals surface area contributed by atoms with E-state index in [-0.39, 0.29) is 0 Å². The van der Waals surface area contributed by atoms with Crippen molar-refractivity contribution in [3.8, 4) is 5.75 Å². The second-order valence-corrected chi connectivity index (χ2v) is 6.07. The number of ether oxygens (including phenoxy) is 1. The van der Waals surface area contributed by atoms with Crippen molar-refractivity contribution in [3.05, 3.63) is 65.7 Å². The number of para-hydroxylation sites is 1. The van der Waals surface area contributed by atoms with Gasteiger partial charge in [-0.3, -0.25) is 4.99 Å². The van der Waals surface area contributed by atoms with E-state index in [2.05, 4.69) is 58.9 Å². The number of nitrogens with one attached hydrogen (secondary N) is 2. The molecule has 0 heterocycles. The molecule has 0 unspecified atom stereocenters. The highest BCUT2D eigenvalue weighted by molar-refractivity contribution is 5.79. The predicted octanol–water partition coefficient (Wildman–Crippen LogP) is 2.49. The summed E-state index contributed by atoms with van der Waals surface area (Å²) < 4.78 is 5.66. The van der Waals surface area contributed by atoms with Crippen LogP contribution in [0.15, 0.2) is 59.6 Å². The standard InChI is InChI=1S/C20H28N4O/c1-21-20(22-13-14-25-19-7-5-4-6-8-19)23-15-17-9-11-18(12-10-17)16-24(2)3/h4-12H,13-16H2,1-3H3,(H2,21,22,23). The fourth-order valence-electron chi connectivity index (χ4n) is 2.39. The van der Waals surface area contributed by atoms with Crippen LogP contribution in [0.3, 0.4) is 0 Å². The summed E-state index contributed by atoms with van der Waals surface area (Å²) in [5.74, 6) is 1.65. The smallest absolute Gasteiger partial charge is 0.191 e. The van der Waals surface area contributed by atoms with Crippen LogP contribution in [0.4, 0.5) is 0 Å². The first-order chi connectivity index (χ1) is 12.2. The SMILES string of the molecule is CN=C(NCCOc1ccccc1)NCc1ccc(CN(C)C)cc1. The van der Waals surface area contributed by atoms with Gasteiger partial charge in [0.25, 0.3) is 0 Å². The van der Waals surface area contributed by atoms with Gasteiger partial charge in [-0.25, -0.2) is 0 Å². The van der Waals surface area contributed by atoms with Crippen LogP contribution in [-0.4, -0.2) is 45.2 Å². The third-order valence-corrected chi connectivity index (χ3v) is 3.61. The maximum Gasteiger partial charge on any atom is 0.191 e. The lowest BCUT2D eigenvalue weighted by atomic mass is 10.1. The van der Waals surface area contributed by atoms with E-state index in [1.807, 2.05) is 30.3 Å². The molecule has 0 aliphatic heterocycles. The molecule has 0 aliphatic carbocycles. The van der Waals surface area contributed by atoms with E-state index >= 15 is 0 Å². The van der Waals surface area contributed by atoms with Gasteiger partial charge in [0.05, 0.1) is 6.54 Å². The van der Waals surface area contributed by atoms with E-state index in [1.165, 1.54) is 11.1 Å². The van der Waals surface area contributed by atoms with Gasteiger partial charge in [-0.2, -0.15) is 0 Å². The maximum absolute atomic E-state index is 5.66. The molecule has 2 rings (SSSR count). The van der Waals surface area contributed by atoms with Crippen molar-refractivity contribution in [3.63, 3.8) is 0 Å². The van der Waals surface area contributed by atoms with Gasteiger partial charge in [0.2, 0.25) is 0 Å². The molecule has 0 amide bonds. The normalized spacial score (nSPS) is 11.4. The van der Waals surface area contributed by atoms with Crippen molar-refractivity contribution in [2.24, 2.45) is 4.99 Å². The molecule has 0 aliphatic rings. The summed E-state index contributed by atoms with van der Waals surface area (Å²) in [6, 6.07) is 18.4. The molecule has 25 heavy (non-hydrogen) atoms. The number of hydrogen-bond donors (Lipinski definition) is 2. The van der Waals surface area contributed by atoms with Crippen LogP contribution in [0.2, 0.25) is 0 Å². The zero-order chi connectivity index (χ0) is 17.9. The highest BCUT2D eigenvalue weighted by Crippen LogP contribution is 2.07. The molecule has 0 aromatic heterocycles. The Morgan fingerprint density at radius 2 is 1.64 bits per heavy atom. The average Bonchev–Trinajstić information content (AvgIpc) is 2.63. The molecule has 5 nitrogen and oxygen atoms in total. The number of guanidine groups is 1. The summed E-state index contributed by atoms with van der Waals surface area (Å²) in [6.45, 7) is 2.97. The van der Waals surface area contributed by atoms with Gasteiger partial charge in [-0.1, -0.05) is 42.5 Å². The largest absolute Gasteiger partial charge is 0.492 e. The maximum atomic E-state index is 5.66. The molecular formula is C20H28N4O. The molecule has 0 atom stereocenters. The van der Waals surface area contributed by atoms with Gasteiger partial charge in [-0.15, -0.1) is 0 Å². The van der Waals surface area contributed by atoms with E-state index in [0.717, 1.165) is 24.8 Å². The van der Waals surface area contributed by atoms with Crippen molar-refractivity contribution >= 4 is 5.96 Å². The fourth-order valence-corrected chi connectivity index (χ4v) is 2.39. The minimum Gasteiger partial charge on any atom is -0.492 e. The topological polar surface area (TPSA) is 48.9 Å². The minimum absolute atomic E-state index is 0.587. The molecule has 134 valence electrons. The monoisotopic (exact) mass is 340 g/mol. The quantitative estimate of drug-likeness (QED) is 0.440. The highest BCUT2D eigenvalue weighted by Gasteiger charge is 2.00. The lowest BCUT2D eigenvalue weighted by molar-refractivity contribution is 0.322. The summed E-state index contributed by atoms with van der Waals surface area (Å²) in [7, 11) is 5.92. The summed E-state index contributed by atoms with van der Waals surface area (Å²) in [5, 5.41) is 6.57. The first-order valence-electron chi connectivity index (χ1n) is 8.52. The van der Waals surface area contributed by atoms with E-state index < -0.39 is 0 Å². The molecule has 2 aromatic carbocycles. The summed E-state index contributed by atoms with van der Waals surface area (Å²) in [6.07, 6.45) is 0. The number of aliphatic imine (C=N–C) groups is 1. The van der Waals surface area contributed by atoms with E-state index in [0.29, 0.717) is 13.2 Å². The lowest BCUT2D eigenvalue weighted by Gasteiger charge is -2.13. The zero-order valence-electron chi connectivity index (χ0n) is 15.3. The molecule has 0 spiro atoms. The van der Waals surface area contributed by atoms with Crippen LogP contribution in [0.25, 0.3) is 0 Å². The van der Waals surface area contributed by atoms with Crippen LogP contribution in [0.1, 0.15) is 11.1 Å². The highest BCUT2D eigenvalue weighted by atomic mass is 16.5. The second kappa shape index (κ2) is 10.4. The molecule has 0 fully saturated rings. The van der Waals surface area contributed by atoms with Crippen molar-refractivity contribution in [1.29, 1.82) is 0 Å². The number of rotatable bonds is 8. The van der Waals surface area contributed by atoms with Crippen molar-refractivity contribution in [2.45, 2.75) is 13.1 Å². The Kier molecular flexibility index (Phi) is 7.79. The van der Waals surface area contributed by atoms with Gasteiger partial charge in [0.15, 0.2) is 5.96 Å². The van der Waals surface area contributed by atoms with Crippen LogP contribution < -0.4 is 15.4 Å². The average molecular weight is 340 g/mol. The van der Waals surface area contributed by atoms with E-state index in [4.69, 9.17) is 4.74 Å². The number of hydrogen-bond acceptors (Lipinski definition) is 3. The Hall–Kier alpha value is -2.53. The Morgan fingerprint density at radius 1 is 0.960 bits per heavy atom. The van der Waals surface area contributed by atoms with Gasteiger partial charge in [0, 0.05) is 20.1 Å². The molecule has 0 radical (unpaired) electrons. The first-order valence-corrected chi connectivity index (χ1v) is 8.52. The third kappa shape index (κ3) is 7.27. The molecule has 0 saturated heterocycles. The fraction of sp³-hybridized carbons (Fsp3) is 0.350. The Balaban J connectivity index is 1.69. The summed E-state index contributed by atoms with van der Waals surface area (Å²) in [4.78, 5) is 6.40. The van der Waals surface area contributed by atoms with Crippen LogP contribution in [0.5, 0.6) is 5.75 Å². The van der Waals surface area contributed by atoms with Gasteiger partial charge in [0.1, 0.15) is 12.4 Å². The second-order valence-electron chi connectivity index (χ2n) is 6.07. The Labute approximate surface area is 150 Å². The molecule has 0 saturated carbocycles. The van der Waals surface area contributed by atoms with Gasteiger partial charge in [-0.05, 0) is 37.4 Å². The minimum atomic E-state index is 0.587. The van der Waals surface area contributed by atoms with Crippen molar-refractivity contribution in [2.75, 3.05) is 34.3 Å². The van der Waals surface area contributed by atoms with Gasteiger partial charge >= 0.3 is 0 Å². The van der Waals surface area contributed by atoms with Crippen LogP contribution in [-0.2, 0) is 13.1 Å². The van der Waals surface area contributed by atoms with Crippen LogP contribution >= 0.6 is 0 Å². The van der Waals surface area contributed by atoms with Crippen molar-refractivity contribution in [1.82, 2.24) is 15.5 Å². The number of nitrogens with zero attached hydrogens (tertiary/aromatic N) is 2. The third-order valence-electron chi connectivity index (χ3n) is 3.61. The molecule has 2 N–H and O–H groups in total. The molecule has 2 aromatic rings. The van der Waals surface area contributed by atoms with E-state index in [1.54, 1.807) is 7.05 Å². The molecule has 0 bridgehead atoms. The van der Waals surface area contributed by atoms with E-state index in [9.17, 15) is 0 Å². The lowest BCUT2D eigenvalue weighted by Crippen LogP contribution is -2.38. The molecular weight excluding hydrogens is 312 g/mol. The molecule has 5 heteroatoms. The summed E-state index contributed by atoms with van der Waals surface area (Å²) >= 11 is 0. The predicted molar refractivity (Wildman–Crippen MR) is 104 cm³/mol. The Morgan fingerprint density at radius 3 is 2.28 bits per heavy atom.